The minimum atomic E-state index is 0.507. The Morgan fingerprint density at radius 1 is 1.11 bits per heavy atom. The molecule has 6 nitrogen and oxygen atoms in total. The summed E-state index contributed by atoms with van der Waals surface area (Å²) >= 11 is 0. The molecule has 1 atom stereocenters. The Kier molecular flexibility index (Phi) is 9.75. The van der Waals surface area contributed by atoms with E-state index in [4.69, 9.17) is 4.74 Å². The standard InChI is InChI=1S/C22H39N5O/c1-18(2)14-21(27-10-12-28-13-11-27)16-25-22(23-3)24-15-19-6-8-20(9-7-19)17-26(4)5/h6-9,18,21H,10-17H2,1-5H3,(H2,23,24,25). The number of benzene rings is 1. The maximum Gasteiger partial charge on any atom is 0.191 e. The van der Waals surface area contributed by atoms with Crippen LogP contribution in [0.3, 0.4) is 0 Å². The van der Waals surface area contributed by atoms with Crippen molar-refractivity contribution in [3.05, 3.63) is 35.4 Å². The van der Waals surface area contributed by atoms with Gasteiger partial charge in [0.15, 0.2) is 5.96 Å². The Hall–Kier alpha value is -1.63. The lowest BCUT2D eigenvalue weighted by atomic mass is 10.0. The van der Waals surface area contributed by atoms with Crippen LogP contribution in [0.2, 0.25) is 0 Å². The summed E-state index contributed by atoms with van der Waals surface area (Å²) in [7, 11) is 6.02. The first-order valence-corrected chi connectivity index (χ1v) is 10.5. The molecule has 0 amide bonds. The molecule has 1 aromatic carbocycles. The number of morpholine rings is 1. The van der Waals surface area contributed by atoms with Crippen LogP contribution in [-0.4, -0.2) is 75.8 Å². The zero-order valence-corrected chi connectivity index (χ0v) is 18.4. The van der Waals surface area contributed by atoms with Gasteiger partial charge in [0.1, 0.15) is 0 Å². The number of nitrogens with zero attached hydrogens (tertiary/aromatic N) is 3. The predicted molar refractivity (Wildman–Crippen MR) is 118 cm³/mol. The first kappa shape index (κ1) is 22.7. The van der Waals surface area contributed by atoms with Gasteiger partial charge in [-0.1, -0.05) is 38.1 Å². The van der Waals surface area contributed by atoms with E-state index >= 15 is 0 Å². The second kappa shape index (κ2) is 12.0. The molecule has 1 saturated heterocycles. The number of rotatable bonds is 9. The molecule has 0 aromatic heterocycles. The molecular weight excluding hydrogens is 350 g/mol. The number of hydrogen-bond acceptors (Lipinski definition) is 4. The highest BCUT2D eigenvalue weighted by atomic mass is 16.5. The van der Waals surface area contributed by atoms with E-state index in [1.807, 2.05) is 7.05 Å². The van der Waals surface area contributed by atoms with Crippen LogP contribution in [0.25, 0.3) is 0 Å². The minimum Gasteiger partial charge on any atom is -0.379 e. The highest BCUT2D eigenvalue weighted by molar-refractivity contribution is 5.79. The summed E-state index contributed by atoms with van der Waals surface area (Å²) in [4.78, 5) is 9.13. The van der Waals surface area contributed by atoms with E-state index in [2.05, 4.69) is 77.6 Å². The quantitative estimate of drug-likeness (QED) is 0.501. The second-order valence-corrected chi connectivity index (χ2v) is 8.29. The largest absolute Gasteiger partial charge is 0.379 e. The summed E-state index contributed by atoms with van der Waals surface area (Å²) in [5.74, 6) is 1.53. The molecule has 6 heteroatoms. The number of nitrogens with one attached hydrogen (secondary N) is 2. The van der Waals surface area contributed by atoms with E-state index in [1.165, 1.54) is 17.5 Å². The van der Waals surface area contributed by atoms with Gasteiger partial charge >= 0.3 is 0 Å². The summed E-state index contributed by atoms with van der Waals surface area (Å²) in [6.45, 7) is 10.9. The molecule has 1 aliphatic rings. The molecule has 1 fully saturated rings. The third-order valence-corrected chi connectivity index (χ3v) is 5.02. The molecule has 0 radical (unpaired) electrons. The van der Waals surface area contributed by atoms with E-state index in [-0.39, 0.29) is 0 Å². The predicted octanol–water partition coefficient (Wildman–Crippen LogP) is 2.16. The lowest BCUT2D eigenvalue weighted by Crippen LogP contribution is -2.50. The molecule has 1 unspecified atom stereocenters. The van der Waals surface area contributed by atoms with Gasteiger partial charge in [-0.25, -0.2) is 0 Å². The van der Waals surface area contributed by atoms with Crippen LogP contribution in [0.5, 0.6) is 0 Å². The molecule has 0 saturated carbocycles. The average Bonchev–Trinajstić information content (AvgIpc) is 2.68. The molecule has 1 aliphatic heterocycles. The fourth-order valence-electron chi connectivity index (χ4n) is 3.60. The first-order valence-electron chi connectivity index (χ1n) is 10.5. The first-order chi connectivity index (χ1) is 13.5. The molecule has 0 bridgehead atoms. The van der Waals surface area contributed by atoms with Gasteiger partial charge in [0.05, 0.1) is 13.2 Å². The number of ether oxygens (including phenoxy) is 1. The molecule has 28 heavy (non-hydrogen) atoms. The number of hydrogen-bond donors (Lipinski definition) is 2. The Morgan fingerprint density at radius 3 is 2.32 bits per heavy atom. The van der Waals surface area contributed by atoms with E-state index in [1.54, 1.807) is 0 Å². The van der Waals surface area contributed by atoms with Crippen LogP contribution < -0.4 is 10.6 Å². The third-order valence-electron chi connectivity index (χ3n) is 5.02. The van der Waals surface area contributed by atoms with E-state index in [0.29, 0.717) is 12.0 Å². The smallest absolute Gasteiger partial charge is 0.191 e. The van der Waals surface area contributed by atoms with Gasteiger partial charge in [-0.3, -0.25) is 9.89 Å². The van der Waals surface area contributed by atoms with Crippen LogP contribution in [0, 0.1) is 5.92 Å². The molecule has 1 aromatic rings. The van der Waals surface area contributed by atoms with Crippen molar-refractivity contribution < 1.29 is 4.74 Å². The van der Waals surface area contributed by atoms with Crippen LogP contribution >= 0.6 is 0 Å². The third kappa shape index (κ3) is 8.17. The Bertz CT molecular complexity index is 579. The monoisotopic (exact) mass is 389 g/mol. The van der Waals surface area contributed by atoms with Crippen molar-refractivity contribution in [3.8, 4) is 0 Å². The molecule has 0 aliphatic carbocycles. The van der Waals surface area contributed by atoms with Crippen molar-refractivity contribution >= 4 is 5.96 Å². The summed E-state index contributed by atoms with van der Waals surface area (Å²) in [6, 6.07) is 9.28. The maximum absolute atomic E-state index is 5.52. The normalized spacial score (nSPS) is 17.2. The molecule has 2 rings (SSSR count). The van der Waals surface area contributed by atoms with E-state index < -0.39 is 0 Å². The SMILES string of the molecule is CN=C(NCc1ccc(CN(C)C)cc1)NCC(CC(C)C)N1CCOCC1. The van der Waals surface area contributed by atoms with Gasteiger partial charge < -0.3 is 20.3 Å². The van der Waals surface area contributed by atoms with E-state index in [0.717, 1.165) is 51.9 Å². The highest BCUT2D eigenvalue weighted by Crippen LogP contribution is 2.13. The van der Waals surface area contributed by atoms with Crippen molar-refractivity contribution in [1.29, 1.82) is 0 Å². The second-order valence-electron chi connectivity index (χ2n) is 8.29. The Labute approximate surface area is 171 Å². The Balaban J connectivity index is 1.83. The van der Waals surface area contributed by atoms with Crippen molar-refractivity contribution in [2.45, 2.75) is 39.4 Å². The molecule has 0 spiro atoms. The lowest BCUT2D eigenvalue weighted by Gasteiger charge is -2.35. The van der Waals surface area contributed by atoms with Gasteiger partial charge in [0.25, 0.3) is 0 Å². The molecule has 2 N–H and O–H groups in total. The highest BCUT2D eigenvalue weighted by Gasteiger charge is 2.22. The van der Waals surface area contributed by atoms with Gasteiger partial charge in [0.2, 0.25) is 0 Å². The van der Waals surface area contributed by atoms with Gasteiger partial charge in [0, 0.05) is 45.8 Å². The number of guanidine groups is 1. The van der Waals surface area contributed by atoms with Crippen molar-refractivity contribution in [2.24, 2.45) is 10.9 Å². The summed E-state index contributed by atoms with van der Waals surface area (Å²) in [6.07, 6.45) is 1.18. The number of aliphatic imine (C=N–C) groups is 1. The summed E-state index contributed by atoms with van der Waals surface area (Å²) in [5, 5.41) is 6.97. The van der Waals surface area contributed by atoms with Crippen LogP contribution in [-0.2, 0) is 17.8 Å². The zero-order valence-electron chi connectivity index (χ0n) is 18.4. The van der Waals surface area contributed by atoms with Gasteiger partial charge in [-0.15, -0.1) is 0 Å². The van der Waals surface area contributed by atoms with Gasteiger partial charge in [-0.2, -0.15) is 0 Å². The van der Waals surface area contributed by atoms with Crippen molar-refractivity contribution in [3.63, 3.8) is 0 Å². The molecule has 1 heterocycles. The van der Waals surface area contributed by atoms with Crippen LogP contribution in [0.1, 0.15) is 31.4 Å². The fraction of sp³-hybridized carbons (Fsp3) is 0.682. The molecule has 158 valence electrons. The van der Waals surface area contributed by atoms with Crippen LogP contribution in [0.15, 0.2) is 29.3 Å². The average molecular weight is 390 g/mol. The summed E-state index contributed by atoms with van der Waals surface area (Å²) < 4.78 is 5.52. The summed E-state index contributed by atoms with van der Waals surface area (Å²) in [5.41, 5.74) is 2.59. The van der Waals surface area contributed by atoms with Crippen LogP contribution in [0.4, 0.5) is 0 Å². The van der Waals surface area contributed by atoms with Crippen molar-refractivity contribution in [2.75, 3.05) is 54.0 Å². The maximum atomic E-state index is 5.52. The topological polar surface area (TPSA) is 52.1 Å². The van der Waals surface area contributed by atoms with E-state index in [9.17, 15) is 0 Å². The Morgan fingerprint density at radius 2 is 1.75 bits per heavy atom. The zero-order chi connectivity index (χ0) is 20.4. The minimum absolute atomic E-state index is 0.507. The molecular formula is C22H39N5O. The lowest BCUT2D eigenvalue weighted by molar-refractivity contribution is 0.0132. The fourth-order valence-corrected chi connectivity index (χ4v) is 3.60. The van der Waals surface area contributed by atoms with Crippen molar-refractivity contribution in [1.82, 2.24) is 20.4 Å². The van der Waals surface area contributed by atoms with Gasteiger partial charge in [-0.05, 0) is 37.6 Å².